The van der Waals surface area contributed by atoms with E-state index in [4.69, 9.17) is 17.3 Å². The van der Waals surface area contributed by atoms with Crippen LogP contribution in [0.3, 0.4) is 0 Å². The van der Waals surface area contributed by atoms with Gasteiger partial charge in [-0.3, -0.25) is 0 Å². The summed E-state index contributed by atoms with van der Waals surface area (Å²) in [6.07, 6.45) is 1.46. The molecule has 0 fully saturated rings. The van der Waals surface area contributed by atoms with Gasteiger partial charge in [-0.1, -0.05) is 25.4 Å². The summed E-state index contributed by atoms with van der Waals surface area (Å²) in [6.45, 7) is 3.86. The standard InChI is InChI=1S/C9H12ClFN2/c1-5(2)8(12)6-3-4-13-9(10)7(6)11/h3-5,8H,12H2,1-2H3/t8-/m1/s1. The molecule has 0 radical (unpaired) electrons. The van der Waals surface area contributed by atoms with Crippen molar-refractivity contribution in [1.82, 2.24) is 4.98 Å². The molecule has 2 N–H and O–H groups in total. The molecule has 0 unspecified atom stereocenters. The molecule has 0 spiro atoms. The van der Waals surface area contributed by atoms with E-state index in [0.717, 1.165) is 0 Å². The SMILES string of the molecule is CC(C)[C@@H](N)c1ccnc(Cl)c1F. The lowest BCUT2D eigenvalue weighted by Gasteiger charge is -2.16. The van der Waals surface area contributed by atoms with Crippen LogP contribution in [0.2, 0.25) is 5.15 Å². The van der Waals surface area contributed by atoms with Crippen molar-refractivity contribution in [2.75, 3.05) is 0 Å². The van der Waals surface area contributed by atoms with Crippen molar-refractivity contribution in [2.45, 2.75) is 19.9 Å². The molecule has 72 valence electrons. The third-order valence-corrected chi connectivity index (χ3v) is 2.22. The average Bonchev–Trinajstić information content (AvgIpc) is 2.08. The summed E-state index contributed by atoms with van der Waals surface area (Å²) >= 11 is 5.52. The Kier molecular flexibility index (Phi) is 3.22. The van der Waals surface area contributed by atoms with Crippen LogP contribution < -0.4 is 5.73 Å². The molecule has 1 heterocycles. The van der Waals surface area contributed by atoms with Gasteiger partial charge in [0.1, 0.15) is 0 Å². The van der Waals surface area contributed by atoms with Gasteiger partial charge in [-0.25, -0.2) is 9.37 Å². The van der Waals surface area contributed by atoms with E-state index >= 15 is 0 Å². The van der Waals surface area contributed by atoms with Gasteiger partial charge in [0.25, 0.3) is 0 Å². The predicted molar refractivity (Wildman–Crippen MR) is 51.0 cm³/mol. The number of nitrogens with two attached hydrogens (primary N) is 1. The van der Waals surface area contributed by atoms with Crippen molar-refractivity contribution in [1.29, 1.82) is 0 Å². The summed E-state index contributed by atoms with van der Waals surface area (Å²) in [7, 11) is 0. The fourth-order valence-electron chi connectivity index (χ4n) is 1.05. The van der Waals surface area contributed by atoms with Crippen LogP contribution in [0.25, 0.3) is 0 Å². The van der Waals surface area contributed by atoms with Gasteiger partial charge in [-0.2, -0.15) is 0 Å². The van der Waals surface area contributed by atoms with E-state index in [1.165, 1.54) is 6.20 Å². The largest absolute Gasteiger partial charge is 0.324 e. The molecule has 4 heteroatoms. The predicted octanol–water partition coefficient (Wildman–Crippen LogP) is 2.53. The van der Waals surface area contributed by atoms with E-state index in [9.17, 15) is 4.39 Å². The third kappa shape index (κ3) is 2.17. The molecule has 1 rings (SSSR count). The van der Waals surface area contributed by atoms with E-state index in [1.807, 2.05) is 13.8 Å². The minimum Gasteiger partial charge on any atom is -0.324 e. The van der Waals surface area contributed by atoms with Crippen molar-refractivity contribution >= 4 is 11.6 Å². The Hall–Kier alpha value is -0.670. The summed E-state index contributed by atoms with van der Waals surface area (Å²) in [5, 5.41) is -0.117. The van der Waals surface area contributed by atoms with E-state index in [-0.39, 0.29) is 17.1 Å². The van der Waals surface area contributed by atoms with Gasteiger partial charge in [0.2, 0.25) is 0 Å². The Morgan fingerprint density at radius 2 is 2.15 bits per heavy atom. The molecule has 0 aliphatic rings. The molecule has 0 aliphatic carbocycles. The van der Waals surface area contributed by atoms with Crippen LogP contribution in [0.15, 0.2) is 12.3 Å². The van der Waals surface area contributed by atoms with Crippen LogP contribution in [0.1, 0.15) is 25.5 Å². The van der Waals surface area contributed by atoms with E-state index in [0.29, 0.717) is 5.56 Å². The highest BCUT2D eigenvalue weighted by atomic mass is 35.5. The van der Waals surface area contributed by atoms with Gasteiger partial charge in [0.05, 0.1) is 0 Å². The zero-order valence-corrected chi connectivity index (χ0v) is 8.35. The molecule has 0 aliphatic heterocycles. The molecule has 0 saturated heterocycles. The van der Waals surface area contributed by atoms with Gasteiger partial charge in [0, 0.05) is 17.8 Å². The lowest BCUT2D eigenvalue weighted by atomic mass is 9.98. The van der Waals surface area contributed by atoms with Crippen LogP contribution in [0.4, 0.5) is 4.39 Å². The van der Waals surface area contributed by atoms with E-state index in [1.54, 1.807) is 6.07 Å². The molecule has 13 heavy (non-hydrogen) atoms. The Morgan fingerprint density at radius 1 is 1.54 bits per heavy atom. The van der Waals surface area contributed by atoms with Crippen molar-refractivity contribution in [2.24, 2.45) is 11.7 Å². The highest BCUT2D eigenvalue weighted by Gasteiger charge is 2.16. The minimum absolute atomic E-state index is 0.117. The second-order valence-electron chi connectivity index (χ2n) is 3.27. The fraction of sp³-hybridized carbons (Fsp3) is 0.444. The summed E-state index contributed by atoms with van der Waals surface area (Å²) in [5.74, 6) is -0.335. The fourth-order valence-corrected chi connectivity index (χ4v) is 1.21. The van der Waals surface area contributed by atoms with Crippen molar-refractivity contribution in [3.8, 4) is 0 Å². The molecule has 1 aromatic rings. The zero-order valence-electron chi connectivity index (χ0n) is 7.59. The first kappa shape index (κ1) is 10.4. The number of aromatic nitrogens is 1. The van der Waals surface area contributed by atoms with Crippen molar-refractivity contribution in [3.05, 3.63) is 28.8 Å². The topological polar surface area (TPSA) is 38.9 Å². The van der Waals surface area contributed by atoms with Gasteiger partial charge in [0.15, 0.2) is 11.0 Å². The third-order valence-electron chi connectivity index (χ3n) is 1.95. The molecule has 0 saturated carbocycles. The lowest BCUT2D eigenvalue weighted by Crippen LogP contribution is -2.18. The molecule has 2 nitrogen and oxygen atoms in total. The van der Waals surface area contributed by atoms with E-state index in [2.05, 4.69) is 4.98 Å². The number of hydrogen-bond donors (Lipinski definition) is 1. The smallest absolute Gasteiger partial charge is 0.165 e. The molecule has 0 bridgehead atoms. The molecule has 1 aromatic heterocycles. The van der Waals surface area contributed by atoms with Gasteiger partial charge >= 0.3 is 0 Å². The monoisotopic (exact) mass is 202 g/mol. The number of rotatable bonds is 2. The Balaban J connectivity index is 3.07. The molecule has 0 aromatic carbocycles. The zero-order chi connectivity index (χ0) is 10.0. The maximum Gasteiger partial charge on any atom is 0.165 e. The van der Waals surface area contributed by atoms with Gasteiger partial charge < -0.3 is 5.73 Å². The highest BCUT2D eigenvalue weighted by molar-refractivity contribution is 6.29. The lowest BCUT2D eigenvalue weighted by molar-refractivity contribution is 0.483. The molecule has 0 amide bonds. The minimum atomic E-state index is -0.509. The van der Waals surface area contributed by atoms with Crippen LogP contribution in [-0.2, 0) is 0 Å². The Labute approximate surface area is 81.9 Å². The van der Waals surface area contributed by atoms with E-state index < -0.39 is 5.82 Å². The first-order valence-corrected chi connectivity index (χ1v) is 4.47. The van der Waals surface area contributed by atoms with Crippen molar-refractivity contribution in [3.63, 3.8) is 0 Å². The molecular formula is C9H12ClFN2. The first-order chi connectivity index (χ1) is 6.04. The molecule has 1 atom stereocenters. The van der Waals surface area contributed by atoms with Crippen LogP contribution in [-0.4, -0.2) is 4.98 Å². The second kappa shape index (κ2) is 4.03. The summed E-state index contributed by atoms with van der Waals surface area (Å²) in [5.41, 5.74) is 6.21. The van der Waals surface area contributed by atoms with Crippen LogP contribution >= 0.6 is 11.6 Å². The summed E-state index contributed by atoms with van der Waals surface area (Å²) < 4.78 is 13.3. The number of halogens is 2. The highest BCUT2D eigenvalue weighted by Crippen LogP contribution is 2.24. The summed E-state index contributed by atoms with van der Waals surface area (Å²) in [6, 6.07) is 1.23. The van der Waals surface area contributed by atoms with Crippen LogP contribution in [0, 0.1) is 11.7 Å². The maximum absolute atomic E-state index is 13.3. The Bertz CT molecular complexity index is 302. The van der Waals surface area contributed by atoms with Gasteiger partial charge in [-0.05, 0) is 12.0 Å². The average molecular weight is 203 g/mol. The van der Waals surface area contributed by atoms with Crippen LogP contribution in [0.5, 0.6) is 0 Å². The second-order valence-corrected chi connectivity index (χ2v) is 3.63. The molecular weight excluding hydrogens is 191 g/mol. The first-order valence-electron chi connectivity index (χ1n) is 4.09. The number of nitrogens with zero attached hydrogens (tertiary/aromatic N) is 1. The normalized spacial score (nSPS) is 13.4. The number of hydrogen-bond acceptors (Lipinski definition) is 2. The summed E-state index contributed by atoms with van der Waals surface area (Å²) in [4.78, 5) is 3.62. The van der Waals surface area contributed by atoms with Gasteiger partial charge in [-0.15, -0.1) is 0 Å². The van der Waals surface area contributed by atoms with Crippen molar-refractivity contribution < 1.29 is 4.39 Å². The number of pyridine rings is 1. The Morgan fingerprint density at radius 3 is 2.69 bits per heavy atom. The maximum atomic E-state index is 13.3. The quantitative estimate of drug-likeness (QED) is 0.749.